The number of hydrogen-bond donors (Lipinski definition) is 1. The normalized spacial score (nSPS) is 19.7. The summed E-state index contributed by atoms with van der Waals surface area (Å²) >= 11 is 0. The fourth-order valence-electron chi connectivity index (χ4n) is 2.39. The van der Waals surface area contributed by atoms with Gasteiger partial charge in [0.05, 0.1) is 19.7 Å². The third-order valence-corrected chi connectivity index (χ3v) is 3.64. The van der Waals surface area contributed by atoms with Crippen LogP contribution in [0.5, 0.6) is 5.75 Å². The average Bonchev–Trinajstić information content (AvgIpc) is 2.44. The number of rotatable bonds is 4. The van der Waals surface area contributed by atoms with E-state index >= 15 is 0 Å². The fraction of sp³-hybridized carbons (Fsp3) is 0.500. The van der Waals surface area contributed by atoms with Gasteiger partial charge in [-0.25, -0.2) is 0 Å². The molecular formula is C14H21N3O2. The molecular weight excluding hydrogens is 242 g/mol. The SMILES string of the molecule is COc1ccc(N2CC(=O)N(C)C(CCN)C2)cc1. The molecule has 1 atom stereocenters. The maximum atomic E-state index is 12.0. The average molecular weight is 263 g/mol. The van der Waals surface area contributed by atoms with E-state index in [-0.39, 0.29) is 11.9 Å². The number of ether oxygens (including phenoxy) is 1. The molecule has 1 saturated heterocycles. The van der Waals surface area contributed by atoms with Crippen molar-refractivity contribution < 1.29 is 9.53 Å². The number of carbonyl (C=O) groups is 1. The Morgan fingerprint density at radius 1 is 1.37 bits per heavy atom. The molecule has 19 heavy (non-hydrogen) atoms. The molecule has 5 nitrogen and oxygen atoms in total. The Balaban J connectivity index is 2.12. The van der Waals surface area contributed by atoms with Crippen molar-refractivity contribution in [3.8, 4) is 5.75 Å². The Labute approximate surface area is 113 Å². The summed E-state index contributed by atoms with van der Waals surface area (Å²) in [4.78, 5) is 15.9. The molecule has 0 bridgehead atoms. The Morgan fingerprint density at radius 2 is 2.05 bits per heavy atom. The molecule has 1 amide bonds. The number of methoxy groups -OCH3 is 1. The van der Waals surface area contributed by atoms with Crippen LogP contribution in [0.1, 0.15) is 6.42 Å². The number of nitrogens with zero attached hydrogens (tertiary/aromatic N) is 2. The van der Waals surface area contributed by atoms with Crippen LogP contribution in [0.25, 0.3) is 0 Å². The van der Waals surface area contributed by atoms with Gasteiger partial charge in [0.1, 0.15) is 5.75 Å². The van der Waals surface area contributed by atoms with E-state index in [1.165, 1.54) is 0 Å². The van der Waals surface area contributed by atoms with Crippen LogP contribution in [0, 0.1) is 0 Å². The van der Waals surface area contributed by atoms with Gasteiger partial charge in [0.25, 0.3) is 0 Å². The lowest BCUT2D eigenvalue weighted by Crippen LogP contribution is -2.55. The van der Waals surface area contributed by atoms with Crippen molar-refractivity contribution in [2.75, 3.05) is 38.7 Å². The lowest BCUT2D eigenvalue weighted by atomic mass is 10.1. The van der Waals surface area contributed by atoms with E-state index < -0.39 is 0 Å². The van der Waals surface area contributed by atoms with Crippen LogP contribution < -0.4 is 15.4 Å². The molecule has 1 heterocycles. The second-order valence-electron chi connectivity index (χ2n) is 4.81. The number of nitrogens with two attached hydrogens (primary N) is 1. The molecule has 1 fully saturated rings. The summed E-state index contributed by atoms with van der Waals surface area (Å²) in [5, 5.41) is 0. The van der Waals surface area contributed by atoms with E-state index in [0.29, 0.717) is 13.1 Å². The van der Waals surface area contributed by atoms with Crippen molar-refractivity contribution in [3.05, 3.63) is 24.3 Å². The van der Waals surface area contributed by atoms with Crippen molar-refractivity contribution >= 4 is 11.6 Å². The topological polar surface area (TPSA) is 58.8 Å². The smallest absolute Gasteiger partial charge is 0.242 e. The summed E-state index contributed by atoms with van der Waals surface area (Å²) in [7, 11) is 3.50. The third kappa shape index (κ3) is 2.98. The van der Waals surface area contributed by atoms with Crippen molar-refractivity contribution in [1.82, 2.24) is 4.90 Å². The van der Waals surface area contributed by atoms with Crippen LogP contribution in [0.3, 0.4) is 0 Å². The quantitative estimate of drug-likeness (QED) is 0.868. The summed E-state index contributed by atoms with van der Waals surface area (Å²) in [5.41, 5.74) is 6.66. The van der Waals surface area contributed by atoms with E-state index in [9.17, 15) is 4.79 Å². The zero-order chi connectivity index (χ0) is 13.8. The van der Waals surface area contributed by atoms with Gasteiger partial charge in [-0.15, -0.1) is 0 Å². The summed E-state index contributed by atoms with van der Waals surface area (Å²) < 4.78 is 5.14. The highest BCUT2D eigenvalue weighted by molar-refractivity contribution is 5.83. The Bertz CT molecular complexity index is 433. The highest BCUT2D eigenvalue weighted by Crippen LogP contribution is 2.22. The number of anilines is 1. The van der Waals surface area contributed by atoms with Crippen molar-refractivity contribution in [3.63, 3.8) is 0 Å². The van der Waals surface area contributed by atoms with Gasteiger partial charge in [0.15, 0.2) is 0 Å². The van der Waals surface area contributed by atoms with E-state index in [2.05, 4.69) is 4.90 Å². The van der Waals surface area contributed by atoms with Crippen molar-refractivity contribution in [2.45, 2.75) is 12.5 Å². The van der Waals surface area contributed by atoms with Gasteiger partial charge in [-0.3, -0.25) is 4.79 Å². The molecule has 1 aromatic carbocycles. The molecule has 1 aromatic rings. The van der Waals surface area contributed by atoms with Gasteiger partial charge in [-0.1, -0.05) is 0 Å². The van der Waals surface area contributed by atoms with Crippen molar-refractivity contribution in [2.24, 2.45) is 5.73 Å². The summed E-state index contributed by atoms with van der Waals surface area (Å²) in [6.45, 7) is 1.84. The van der Waals surface area contributed by atoms with E-state index in [4.69, 9.17) is 10.5 Å². The third-order valence-electron chi connectivity index (χ3n) is 3.64. The van der Waals surface area contributed by atoms with Crippen LogP contribution >= 0.6 is 0 Å². The molecule has 5 heteroatoms. The highest BCUT2D eigenvalue weighted by Gasteiger charge is 2.29. The molecule has 2 N–H and O–H groups in total. The minimum atomic E-state index is 0.139. The maximum absolute atomic E-state index is 12.0. The Morgan fingerprint density at radius 3 is 2.63 bits per heavy atom. The van der Waals surface area contributed by atoms with Crippen LogP contribution in [0.4, 0.5) is 5.69 Å². The molecule has 104 valence electrons. The number of carbonyl (C=O) groups excluding carboxylic acids is 1. The fourth-order valence-corrected chi connectivity index (χ4v) is 2.39. The van der Waals surface area contributed by atoms with Gasteiger partial charge in [0.2, 0.25) is 5.91 Å². The Hall–Kier alpha value is -1.75. The van der Waals surface area contributed by atoms with E-state index in [1.807, 2.05) is 36.2 Å². The molecule has 0 aliphatic carbocycles. The lowest BCUT2D eigenvalue weighted by Gasteiger charge is -2.40. The first kappa shape index (κ1) is 13.7. The van der Waals surface area contributed by atoms with Crippen LogP contribution in [-0.4, -0.2) is 50.6 Å². The van der Waals surface area contributed by atoms with Gasteiger partial charge in [-0.2, -0.15) is 0 Å². The summed E-state index contributed by atoms with van der Waals surface area (Å²) in [6.07, 6.45) is 0.828. The predicted molar refractivity (Wildman–Crippen MR) is 75.4 cm³/mol. The number of benzene rings is 1. The van der Waals surface area contributed by atoms with Gasteiger partial charge in [0, 0.05) is 19.3 Å². The second kappa shape index (κ2) is 5.93. The van der Waals surface area contributed by atoms with Crippen LogP contribution in [0.15, 0.2) is 24.3 Å². The molecule has 0 aromatic heterocycles. The second-order valence-corrected chi connectivity index (χ2v) is 4.81. The lowest BCUT2D eigenvalue weighted by molar-refractivity contribution is -0.132. The Kier molecular flexibility index (Phi) is 4.27. The van der Waals surface area contributed by atoms with Gasteiger partial charge >= 0.3 is 0 Å². The maximum Gasteiger partial charge on any atom is 0.242 e. The summed E-state index contributed by atoms with van der Waals surface area (Å²) in [5.74, 6) is 0.961. The van der Waals surface area contributed by atoms with Crippen LogP contribution in [0.2, 0.25) is 0 Å². The molecule has 1 aliphatic rings. The zero-order valence-electron chi connectivity index (χ0n) is 11.5. The van der Waals surface area contributed by atoms with E-state index in [0.717, 1.165) is 24.4 Å². The zero-order valence-corrected chi connectivity index (χ0v) is 11.5. The minimum absolute atomic E-state index is 0.139. The monoisotopic (exact) mass is 263 g/mol. The number of amides is 1. The molecule has 0 spiro atoms. The molecule has 1 aliphatic heterocycles. The van der Waals surface area contributed by atoms with Gasteiger partial charge in [-0.05, 0) is 37.2 Å². The molecule has 0 radical (unpaired) electrons. The number of piperazine rings is 1. The first-order valence-electron chi connectivity index (χ1n) is 6.50. The predicted octanol–water partition coefficient (Wildman–Crippen LogP) is 0.691. The first-order valence-corrected chi connectivity index (χ1v) is 6.50. The first-order chi connectivity index (χ1) is 9.15. The molecule has 0 saturated carbocycles. The largest absolute Gasteiger partial charge is 0.497 e. The summed E-state index contributed by atoms with van der Waals surface area (Å²) in [6, 6.07) is 7.98. The number of likely N-dealkylation sites (N-methyl/N-ethyl adjacent to an activating group) is 1. The van der Waals surface area contributed by atoms with Crippen molar-refractivity contribution in [1.29, 1.82) is 0 Å². The van der Waals surface area contributed by atoms with Gasteiger partial charge < -0.3 is 20.3 Å². The van der Waals surface area contributed by atoms with Crippen LogP contribution in [-0.2, 0) is 4.79 Å². The standard InChI is InChI=1S/C14H21N3O2/c1-16-12(7-8-15)9-17(10-14(16)18)11-3-5-13(19-2)6-4-11/h3-6,12H,7-10,15H2,1-2H3. The highest BCUT2D eigenvalue weighted by atomic mass is 16.5. The molecule has 1 unspecified atom stereocenters. The number of hydrogen-bond acceptors (Lipinski definition) is 4. The van der Waals surface area contributed by atoms with E-state index in [1.54, 1.807) is 7.11 Å². The minimum Gasteiger partial charge on any atom is -0.497 e. The molecule has 2 rings (SSSR count).